The summed E-state index contributed by atoms with van der Waals surface area (Å²) in [4.78, 5) is 13.2. The number of halogens is 4. The molecule has 1 aliphatic carbocycles. The molecule has 2 N–H and O–H groups in total. The summed E-state index contributed by atoms with van der Waals surface area (Å²) in [6.45, 7) is 4.13. The SMILES string of the molecule is CC(C)n1c(C2CC(F)(F)C2)nc2c(F)cc(-c3nc(N[C@@H]4C[C@H]5OC[C@H](O5)[C@H]4O)ncc3Cl)cc21. The minimum Gasteiger partial charge on any atom is -0.388 e. The number of rotatable bonds is 5. The third-order valence-electron chi connectivity index (χ3n) is 7.09. The molecule has 4 atom stereocenters. The van der Waals surface area contributed by atoms with Crippen molar-refractivity contribution in [3.8, 4) is 11.3 Å². The summed E-state index contributed by atoms with van der Waals surface area (Å²) in [5.41, 5.74) is 1.31. The molecule has 0 spiro atoms. The van der Waals surface area contributed by atoms with E-state index in [2.05, 4.69) is 20.3 Å². The second-order valence-electron chi connectivity index (χ2n) is 10.0. The molecule has 2 aromatic heterocycles. The van der Waals surface area contributed by atoms with Crippen molar-refractivity contribution in [1.82, 2.24) is 19.5 Å². The standard InChI is InChI=1S/C24H25ClF3N5O3/c1-10(2)33-16-4-11(3-14(26)20(16)31-22(33)12-6-24(27,28)7-12)19-13(25)8-29-23(32-19)30-15-5-18-35-9-17(36-18)21(15)34/h3-4,8,10,12,15,17-18,21,34H,5-7,9H2,1-2H3,(H,29,30,32)/t15-,17+,18+,21+/m1/s1. The van der Waals surface area contributed by atoms with Gasteiger partial charge in [0.1, 0.15) is 23.5 Å². The van der Waals surface area contributed by atoms with Crippen molar-refractivity contribution in [2.45, 2.75) is 75.5 Å². The number of imidazole rings is 1. The van der Waals surface area contributed by atoms with Gasteiger partial charge in [0.25, 0.3) is 0 Å². The highest BCUT2D eigenvalue weighted by atomic mass is 35.5. The van der Waals surface area contributed by atoms with Crippen LogP contribution in [0.15, 0.2) is 18.3 Å². The molecule has 192 valence electrons. The van der Waals surface area contributed by atoms with Gasteiger partial charge in [0, 0.05) is 36.8 Å². The molecule has 0 radical (unpaired) electrons. The number of aliphatic hydroxyl groups is 1. The molecular weight excluding hydrogens is 499 g/mol. The zero-order chi connectivity index (χ0) is 25.4. The Labute approximate surface area is 209 Å². The van der Waals surface area contributed by atoms with Gasteiger partial charge < -0.3 is 24.5 Å². The molecule has 3 fully saturated rings. The van der Waals surface area contributed by atoms with Crippen LogP contribution in [0.1, 0.15) is 50.9 Å². The van der Waals surface area contributed by atoms with E-state index in [0.29, 0.717) is 35.6 Å². The summed E-state index contributed by atoms with van der Waals surface area (Å²) >= 11 is 6.41. The van der Waals surface area contributed by atoms with Gasteiger partial charge in [-0.15, -0.1) is 0 Å². The second-order valence-corrected chi connectivity index (χ2v) is 10.4. The third-order valence-corrected chi connectivity index (χ3v) is 7.37. The molecule has 3 aromatic rings. The predicted molar refractivity (Wildman–Crippen MR) is 126 cm³/mol. The van der Waals surface area contributed by atoms with Crippen LogP contribution < -0.4 is 5.32 Å². The lowest BCUT2D eigenvalue weighted by molar-refractivity contribution is -0.123. The molecule has 2 bridgehead atoms. The van der Waals surface area contributed by atoms with Crippen molar-refractivity contribution < 1.29 is 27.8 Å². The van der Waals surface area contributed by atoms with Crippen LogP contribution in [-0.4, -0.2) is 61.7 Å². The lowest BCUT2D eigenvalue weighted by Gasteiger charge is -2.35. The Hall–Kier alpha value is -2.47. The van der Waals surface area contributed by atoms with Gasteiger partial charge in [-0.2, -0.15) is 0 Å². The summed E-state index contributed by atoms with van der Waals surface area (Å²) in [7, 11) is 0. The molecule has 3 aliphatic rings. The minimum atomic E-state index is -2.71. The smallest absolute Gasteiger partial charge is 0.249 e. The van der Waals surface area contributed by atoms with Crippen molar-refractivity contribution in [2.24, 2.45) is 0 Å². The van der Waals surface area contributed by atoms with Crippen LogP contribution >= 0.6 is 11.6 Å². The molecule has 6 rings (SSSR count). The molecule has 2 saturated heterocycles. The van der Waals surface area contributed by atoms with Crippen LogP contribution in [0.4, 0.5) is 19.1 Å². The first-order valence-corrected chi connectivity index (χ1v) is 12.3. The number of benzene rings is 1. The van der Waals surface area contributed by atoms with Crippen LogP contribution in [-0.2, 0) is 9.47 Å². The predicted octanol–water partition coefficient (Wildman–Crippen LogP) is 4.67. The fraction of sp³-hybridized carbons (Fsp3) is 0.542. The summed E-state index contributed by atoms with van der Waals surface area (Å²) < 4.78 is 55.3. The highest BCUT2D eigenvalue weighted by Crippen LogP contribution is 2.49. The zero-order valence-corrected chi connectivity index (χ0v) is 20.3. The van der Waals surface area contributed by atoms with Gasteiger partial charge in [0.15, 0.2) is 12.1 Å². The van der Waals surface area contributed by atoms with E-state index >= 15 is 4.39 Å². The van der Waals surface area contributed by atoms with Crippen LogP contribution in [0.5, 0.6) is 0 Å². The van der Waals surface area contributed by atoms with Gasteiger partial charge in [-0.1, -0.05) is 11.6 Å². The quantitative estimate of drug-likeness (QED) is 0.502. The lowest BCUT2D eigenvalue weighted by atomic mass is 9.80. The van der Waals surface area contributed by atoms with Gasteiger partial charge in [-0.05, 0) is 26.0 Å². The molecular formula is C24H25ClF3N5O3. The molecule has 36 heavy (non-hydrogen) atoms. The maximum absolute atomic E-state index is 15.3. The molecule has 1 saturated carbocycles. The highest BCUT2D eigenvalue weighted by Gasteiger charge is 2.48. The van der Waals surface area contributed by atoms with Gasteiger partial charge in [0.2, 0.25) is 11.9 Å². The van der Waals surface area contributed by atoms with E-state index in [1.165, 1.54) is 12.3 Å². The number of aliphatic hydroxyl groups excluding tert-OH is 1. The average molecular weight is 524 g/mol. The van der Waals surface area contributed by atoms with Crippen molar-refractivity contribution in [2.75, 3.05) is 11.9 Å². The van der Waals surface area contributed by atoms with Crippen LogP contribution in [0.2, 0.25) is 5.02 Å². The maximum Gasteiger partial charge on any atom is 0.249 e. The monoisotopic (exact) mass is 523 g/mol. The van der Waals surface area contributed by atoms with Crippen LogP contribution in [0, 0.1) is 5.82 Å². The topological polar surface area (TPSA) is 94.3 Å². The fourth-order valence-corrected chi connectivity index (χ4v) is 5.52. The number of aromatic nitrogens is 4. The summed E-state index contributed by atoms with van der Waals surface area (Å²) in [5.74, 6) is -3.05. The third kappa shape index (κ3) is 4.02. The Kier molecular flexibility index (Phi) is 5.67. The highest BCUT2D eigenvalue weighted by molar-refractivity contribution is 6.33. The molecule has 0 unspecified atom stereocenters. The average Bonchev–Trinajstić information content (AvgIpc) is 3.39. The molecule has 1 aromatic carbocycles. The van der Waals surface area contributed by atoms with E-state index in [1.54, 1.807) is 6.07 Å². The minimum absolute atomic E-state index is 0.125. The maximum atomic E-state index is 15.3. The Bertz CT molecular complexity index is 1330. The number of ether oxygens (including phenoxy) is 2. The number of nitrogens with zero attached hydrogens (tertiary/aromatic N) is 4. The van der Waals surface area contributed by atoms with Crippen molar-refractivity contribution in [1.29, 1.82) is 0 Å². The van der Waals surface area contributed by atoms with Crippen molar-refractivity contribution >= 4 is 28.6 Å². The summed E-state index contributed by atoms with van der Waals surface area (Å²) in [6.07, 6.45) is -0.406. The van der Waals surface area contributed by atoms with E-state index in [9.17, 15) is 13.9 Å². The van der Waals surface area contributed by atoms with Gasteiger partial charge >= 0.3 is 0 Å². The summed E-state index contributed by atoms with van der Waals surface area (Å²) in [5, 5.41) is 13.9. The summed E-state index contributed by atoms with van der Waals surface area (Å²) in [6, 6.07) is 2.49. The lowest BCUT2D eigenvalue weighted by Crippen LogP contribution is -2.48. The number of fused-ring (bicyclic) bond motifs is 3. The van der Waals surface area contributed by atoms with E-state index in [1.807, 2.05) is 18.4 Å². The zero-order valence-electron chi connectivity index (χ0n) is 19.6. The van der Waals surface area contributed by atoms with Gasteiger partial charge in [-0.25, -0.2) is 28.1 Å². The van der Waals surface area contributed by atoms with E-state index in [0.717, 1.165) is 0 Å². The Morgan fingerprint density at radius 1 is 1.25 bits per heavy atom. The van der Waals surface area contributed by atoms with Crippen LogP contribution in [0.3, 0.4) is 0 Å². The first kappa shape index (κ1) is 23.9. The largest absolute Gasteiger partial charge is 0.388 e. The number of nitrogens with one attached hydrogen (secondary N) is 1. The van der Waals surface area contributed by atoms with Crippen molar-refractivity contribution in [3.05, 3.63) is 35.0 Å². The Balaban J connectivity index is 1.36. The molecule has 4 heterocycles. The number of hydrogen-bond donors (Lipinski definition) is 2. The molecule has 2 aliphatic heterocycles. The first-order chi connectivity index (χ1) is 17.1. The van der Waals surface area contributed by atoms with E-state index in [-0.39, 0.29) is 35.4 Å². The number of alkyl halides is 2. The molecule has 8 nitrogen and oxygen atoms in total. The van der Waals surface area contributed by atoms with Gasteiger partial charge in [-0.3, -0.25) is 0 Å². The number of hydrogen-bond acceptors (Lipinski definition) is 7. The second kappa shape index (κ2) is 8.54. The molecule has 0 amide bonds. The van der Waals surface area contributed by atoms with E-state index in [4.69, 9.17) is 21.1 Å². The van der Waals surface area contributed by atoms with E-state index < -0.39 is 42.2 Å². The first-order valence-electron chi connectivity index (χ1n) is 11.9. The Morgan fingerprint density at radius 2 is 2.03 bits per heavy atom. The van der Waals surface area contributed by atoms with Crippen molar-refractivity contribution in [3.63, 3.8) is 0 Å². The fourth-order valence-electron chi connectivity index (χ4n) is 5.32. The number of anilines is 1. The normalized spacial score (nSPS) is 27.6. The van der Waals surface area contributed by atoms with Gasteiger partial charge in [0.05, 0.1) is 35.1 Å². The van der Waals surface area contributed by atoms with Crippen LogP contribution in [0.25, 0.3) is 22.3 Å². The molecule has 12 heteroatoms. The Morgan fingerprint density at radius 3 is 2.75 bits per heavy atom.